The standard InChI is InChI=1S/C18H21FN2O2/c1-13(21(2)12-14-7-9-15(19)10-8-14)18(22)20-16-5-4-6-17(11-16)23-3/h4-11,13H,12H2,1-3H3,(H,20,22)/t13-/m1/s1. The maximum Gasteiger partial charge on any atom is 0.241 e. The van der Waals surface area contributed by atoms with Crippen molar-refractivity contribution in [3.8, 4) is 5.75 Å². The summed E-state index contributed by atoms with van der Waals surface area (Å²) in [4.78, 5) is 14.2. The Kier molecular flexibility index (Phi) is 5.71. The molecule has 4 nitrogen and oxygen atoms in total. The zero-order valence-corrected chi connectivity index (χ0v) is 13.5. The number of anilines is 1. The fourth-order valence-electron chi connectivity index (χ4n) is 2.16. The van der Waals surface area contributed by atoms with Crippen LogP contribution < -0.4 is 10.1 Å². The highest BCUT2D eigenvalue weighted by atomic mass is 19.1. The number of rotatable bonds is 6. The van der Waals surface area contributed by atoms with Crippen LogP contribution >= 0.6 is 0 Å². The van der Waals surface area contributed by atoms with E-state index in [-0.39, 0.29) is 17.8 Å². The van der Waals surface area contributed by atoms with Crippen LogP contribution in [0.3, 0.4) is 0 Å². The van der Waals surface area contributed by atoms with Gasteiger partial charge in [-0.05, 0) is 43.8 Å². The number of amides is 1. The van der Waals surface area contributed by atoms with Gasteiger partial charge >= 0.3 is 0 Å². The van der Waals surface area contributed by atoms with Gasteiger partial charge in [0.15, 0.2) is 0 Å². The molecule has 0 fully saturated rings. The lowest BCUT2D eigenvalue weighted by atomic mass is 10.2. The Morgan fingerprint density at radius 1 is 1.26 bits per heavy atom. The SMILES string of the molecule is COc1cccc(NC(=O)[C@@H](C)N(C)Cc2ccc(F)cc2)c1. The maximum atomic E-state index is 12.9. The summed E-state index contributed by atoms with van der Waals surface area (Å²) in [6.07, 6.45) is 0. The first-order chi connectivity index (χ1) is 11.0. The number of ether oxygens (including phenoxy) is 1. The Hall–Kier alpha value is -2.40. The molecule has 0 heterocycles. The smallest absolute Gasteiger partial charge is 0.241 e. The number of hydrogen-bond acceptors (Lipinski definition) is 3. The molecule has 2 rings (SSSR count). The second-order valence-corrected chi connectivity index (χ2v) is 5.44. The zero-order valence-electron chi connectivity index (χ0n) is 13.5. The van der Waals surface area contributed by atoms with Gasteiger partial charge in [0.1, 0.15) is 11.6 Å². The minimum Gasteiger partial charge on any atom is -0.497 e. The van der Waals surface area contributed by atoms with Gasteiger partial charge < -0.3 is 10.1 Å². The van der Waals surface area contributed by atoms with Crippen LogP contribution in [0.25, 0.3) is 0 Å². The van der Waals surface area contributed by atoms with Crippen molar-refractivity contribution in [3.63, 3.8) is 0 Å². The molecule has 5 heteroatoms. The molecule has 0 aliphatic rings. The van der Waals surface area contributed by atoms with E-state index in [0.717, 1.165) is 5.56 Å². The van der Waals surface area contributed by atoms with Gasteiger partial charge in [-0.25, -0.2) is 4.39 Å². The third-order valence-corrected chi connectivity index (χ3v) is 3.72. The number of methoxy groups -OCH3 is 1. The molecule has 0 unspecified atom stereocenters. The number of likely N-dealkylation sites (N-methyl/N-ethyl adjacent to an activating group) is 1. The molecule has 1 amide bonds. The lowest BCUT2D eigenvalue weighted by Gasteiger charge is -2.24. The molecule has 2 aromatic rings. The van der Waals surface area contributed by atoms with E-state index >= 15 is 0 Å². The van der Waals surface area contributed by atoms with Crippen LogP contribution in [0.2, 0.25) is 0 Å². The molecule has 0 aromatic heterocycles. The molecule has 1 N–H and O–H groups in total. The predicted octanol–water partition coefficient (Wildman–Crippen LogP) is 3.29. The van der Waals surface area contributed by atoms with Gasteiger partial charge in [0.2, 0.25) is 5.91 Å². The Bertz CT molecular complexity index is 658. The fourth-order valence-corrected chi connectivity index (χ4v) is 2.16. The molecule has 0 aliphatic carbocycles. The van der Waals surface area contributed by atoms with Crippen LogP contribution in [-0.2, 0) is 11.3 Å². The van der Waals surface area contributed by atoms with Crippen LogP contribution in [-0.4, -0.2) is 31.0 Å². The van der Waals surface area contributed by atoms with Gasteiger partial charge in [0.05, 0.1) is 13.2 Å². The lowest BCUT2D eigenvalue weighted by Crippen LogP contribution is -2.39. The van der Waals surface area contributed by atoms with E-state index in [0.29, 0.717) is 18.0 Å². The summed E-state index contributed by atoms with van der Waals surface area (Å²) in [5.74, 6) is 0.318. The first kappa shape index (κ1) is 17.0. The summed E-state index contributed by atoms with van der Waals surface area (Å²) in [5.41, 5.74) is 1.64. The minimum absolute atomic E-state index is 0.108. The van der Waals surface area contributed by atoms with Crippen molar-refractivity contribution in [2.24, 2.45) is 0 Å². The van der Waals surface area contributed by atoms with Gasteiger partial charge in [-0.3, -0.25) is 9.69 Å². The normalized spacial score (nSPS) is 12.0. The van der Waals surface area contributed by atoms with E-state index in [4.69, 9.17) is 4.74 Å². The van der Waals surface area contributed by atoms with E-state index < -0.39 is 0 Å². The summed E-state index contributed by atoms with van der Waals surface area (Å²) in [7, 11) is 3.44. The number of carbonyl (C=O) groups excluding carboxylic acids is 1. The van der Waals surface area contributed by atoms with Crippen LogP contribution in [0.4, 0.5) is 10.1 Å². The van der Waals surface area contributed by atoms with E-state index in [1.165, 1.54) is 12.1 Å². The molecule has 0 bridgehead atoms. The summed E-state index contributed by atoms with van der Waals surface area (Å²) in [6.45, 7) is 2.39. The molecule has 0 radical (unpaired) electrons. The van der Waals surface area contributed by atoms with Crippen LogP contribution in [0.5, 0.6) is 5.75 Å². The van der Waals surface area contributed by atoms with Gasteiger partial charge in [-0.2, -0.15) is 0 Å². The molecule has 122 valence electrons. The maximum absolute atomic E-state index is 12.9. The average molecular weight is 316 g/mol. The monoisotopic (exact) mass is 316 g/mol. The summed E-state index contributed by atoms with van der Waals surface area (Å²) >= 11 is 0. The zero-order chi connectivity index (χ0) is 16.8. The Labute approximate surface area is 135 Å². The predicted molar refractivity (Wildman–Crippen MR) is 89.0 cm³/mol. The third kappa shape index (κ3) is 4.79. The van der Waals surface area contributed by atoms with Gasteiger partial charge in [-0.15, -0.1) is 0 Å². The van der Waals surface area contributed by atoms with Crippen molar-refractivity contribution in [1.82, 2.24) is 4.90 Å². The largest absolute Gasteiger partial charge is 0.497 e. The molecular weight excluding hydrogens is 295 g/mol. The molecule has 1 atom stereocenters. The topological polar surface area (TPSA) is 41.6 Å². The van der Waals surface area contributed by atoms with Crippen molar-refractivity contribution in [1.29, 1.82) is 0 Å². The van der Waals surface area contributed by atoms with E-state index in [1.807, 2.05) is 37.1 Å². The summed E-state index contributed by atoms with van der Waals surface area (Å²) in [5, 5.41) is 2.87. The van der Waals surface area contributed by atoms with E-state index in [1.54, 1.807) is 25.3 Å². The molecule has 0 saturated heterocycles. The van der Waals surface area contributed by atoms with Crippen molar-refractivity contribution in [3.05, 3.63) is 59.9 Å². The first-order valence-corrected chi connectivity index (χ1v) is 7.39. The lowest BCUT2D eigenvalue weighted by molar-refractivity contribution is -0.120. The Balaban J connectivity index is 1.96. The highest BCUT2D eigenvalue weighted by Crippen LogP contribution is 2.17. The minimum atomic E-state index is -0.328. The second-order valence-electron chi connectivity index (χ2n) is 5.44. The highest BCUT2D eigenvalue weighted by molar-refractivity contribution is 5.94. The number of carbonyl (C=O) groups is 1. The molecular formula is C18H21FN2O2. The number of halogens is 1. The second kappa shape index (κ2) is 7.74. The Morgan fingerprint density at radius 2 is 1.96 bits per heavy atom. The first-order valence-electron chi connectivity index (χ1n) is 7.39. The average Bonchev–Trinajstić information content (AvgIpc) is 2.56. The van der Waals surface area contributed by atoms with Crippen molar-refractivity contribution in [2.45, 2.75) is 19.5 Å². The van der Waals surface area contributed by atoms with E-state index in [2.05, 4.69) is 5.32 Å². The fraction of sp³-hybridized carbons (Fsp3) is 0.278. The van der Waals surface area contributed by atoms with Crippen LogP contribution in [0.15, 0.2) is 48.5 Å². The molecule has 23 heavy (non-hydrogen) atoms. The quantitative estimate of drug-likeness (QED) is 0.889. The van der Waals surface area contributed by atoms with Crippen LogP contribution in [0.1, 0.15) is 12.5 Å². The van der Waals surface area contributed by atoms with Crippen molar-refractivity contribution >= 4 is 11.6 Å². The molecule has 2 aromatic carbocycles. The van der Waals surface area contributed by atoms with Crippen molar-refractivity contribution < 1.29 is 13.9 Å². The molecule has 0 saturated carbocycles. The van der Waals surface area contributed by atoms with Gasteiger partial charge in [-0.1, -0.05) is 18.2 Å². The Morgan fingerprint density at radius 3 is 2.61 bits per heavy atom. The number of nitrogens with zero attached hydrogens (tertiary/aromatic N) is 1. The van der Waals surface area contributed by atoms with Crippen molar-refractivity contribution in [2.75, 3.05) is 19.5 Å². The van der Waals surface area contributed by atoms with Gasteiger partial charge in [0.25, 0.3) is 0 Å². The number of hydrogen-bond donors (Lipinski definition) is 1. The summed E-state index contributed by atoms with van der Waals surface area (Å²) in [6, 6.07) is 13.2. The highest BCUT2D eigenvalue weighted by Gasteiger charge is 2.18. The number of nitrogens with one attached hydrogen (secondary N) is 1. The van der Waals surface area contributed by atoms with Gasteiger partial charge in [0, 0.05) is 18.3 Å². The molecule has 0 aliphatic heterocycles. The summed E-state index contributed by atoms with van der Waals surface area (Å²) < 4.78 is 18.1. The van der Waals surface area contributed by atoms with E-state index in [9.17, 15) is 9.18 Å². The van der Waals surface area contributed by atoms with Crippen LogP contribution in [0, 0.1) is 5.82 Å². The third-order valence-electron chi connectivity index (χ3n) is 3.72. The number of benzene rings is 2. The molecule has 0 spiro atoms.